The van der Waals surface area contributed by atoms with E-state index in [0.717, 1.165) is 31.2 Å². The molecule has 1 atom stereocenters. The number of aliphatic hydroxyl groups excluding tert-OH is 1. The number of aryl methyl sites for hydroxylation is 2. The predicted octanol–water partition coefficient (Wildman–Crippen LogP) is 1.88. The summed E-state index contributed by atoms with van der Waals surface area (Å²) in [4.78, 5) is 11.8. The van der Waals surface area contributed by atoms with Crippen molar-refractivity contribution in [2.75, 3.05) is 0 Å². The smallest absolute Gasteiger partial charge is 0.253 e. The summed E-state index contributed by atoms with van der Waals surface area (Å²) in [5.41, 5.74) is 3.41. The third-order valence-electron chi connectivity index (χ3n) is 3.86. The third kappa shape index (κ3) is 2.41. The summed E-state index contributed by atoms with van der Waals surface area (Å²) in [5, 5.41) is 12.9. The summed E-state index contributed by atoms with van der Waals surface area (Å²) < 4.78 is 0. The molecule has 1 unspecified atom stereocenters. The molecule has 0 radical (unpaired) electrons. The van der Waals surface area contributed by atoms with Crippen LogP contribution in [0.1, 0.15) is 48.5 Å². The Balaban J connectivity index is 1.76. The summed E-state index contributed by atoms with van der Waals surface area (Å²) in [6.45, 7) is 0. The van der Waals surface area contributed by atoms with Crippen LogP contribution in [0.3, 0.4) is 0 Å². The maximum Gasteiger partial charge on any atom is 0.253 e. The Morgan fingerprint density at radius 1 is 1.22 bits per heavy atom. The number of hydrogen-bond acceptors (Lipinski definition) is 2. The van der Waals surface area contributed by atoms with Gasteiger partial charge in [0.25, 0.3) is 5.91 Å². The standard InChI is InChI=1S/C15H19NO2/c17-14(15(18)16-13-7-8-13)12-6-5-10-3-1-2-4-11(10)9-12/h5-6,9,13-14,17H,1-4,7-8H2,(H,16,18). The van der Waals surface area contributed by atoms with Gasteiger partial charge in [-0.25, -0.2) is 0 Å². The van der Waals surface area contributed by atoms with Gasteiger partial charge in [-0.2, -0.15) is 0 Å². The summed E-state index contributed by atoms with van der Waals surface area (Å²) in [6, 6.07) is 6.26. The highest BCUT2D eigenvalue weighted by molar-refractivity contribution is 5.82. The Labute approximate surface area is 107 Å². The van der Waals surface area contributed by atoms with E-state index in [2.05, 4.69) is 11.4 Å². The molecule has 0 spiro atoms. The number of aliphatic hydroxyl groups is 1. The second-order valence-electron chi connectivity index (χ2n) is 5.42. The molecular weight excluding hydrogens is 226 g/mol. The largest absolute Gasteiger partial charge is 0.378 e. The lowest BCUT2D eigenvalue weighted by Crippen LogP contribution is -2.31. The summed E-state index contributed by atoms with van der Waals surface area (Å²) in [6.07, 6.45) is 5.72. The topological polar surface area (TPSA) is 49.3 Å². The lowest BCUT2D eigenvalue weighted by atomic mass is 9.89. The first-order valence-corrected chi connectivity index (χ1v) is 6.84. The number of carbonyl (C=O) groups excluding carboxylic acids is 1. The van der Waals surface area contributed by atoms with Crippen molar-refractivity contribution < 1.29 is 9.90 Å². The molecule has 0 heterocycles. The number of fused-ring (bicyclic) bond motifs is 1. The van der Waals surface area contributed by atoms with E-state index in [-0.39, 0.29) is 5.91 Å². The van der Waals surface area contributed by atoms with Gasteiger partial charge in [0, 0.05) is 6.04 Å². The Morgan fingerprint density at radius 3 is 2.67 bits per heavy atom. The first kappa shape index (κ1) is 11.7. The van der Waals surface area contributed by atoms with Crippen LogP contribution in [-0.4, -0.2) is 17.1 Å². The Hall–Kier alpha value is -1.35. The molecule has 1 amide bonds. The van der Waals surface area contributed by atoms with E-state index < -0.39 is 6.10 Å². The zero-order valence-corrected chi connectivity index (χ0v) is 10.5. The average molecular weight is 245 g/mol. The molecule has 0 aliphatic heterocycles. The summed E-state index contributed by atoms with van der Waals surface area (Å²) in [5.74, 6) is -0.256. The van der Waals surface area contributed by atoms with Crippen LogP contribution in [0.5, 0.6) is 0 Å². The van der Waals surface area contributed by atoms with Crippen LogP contribution in [0.25, 0.3) is 0 Å². The molecule has 2 aliphatic carbocycles. The Morgan fingerprint density at radius 2 is 1.94 bits per heavy atom. The zero-order chi connectivity index (χ0) is 12.5. The number of carbonyl (C=O) groups is 1. The van der Waals surface area contributed by atoms with Gasteiger partial charge in [-0.15, -0.1) is 0 Å². The molecule has 96 valence electrons. The van der Waals surface area contributed by atoms with Crippen molar-refractivity contribution in [1.29, 1.82) is 0 Å². The Bertz CT molecular complexity index is 466. The fourth-order valence-corrected chi connectivity index (χ4v) is 2.58. The van der Waals surface area contributed by atoms with E-state index in [0.29, 0.717) is 6.04 Å². The monoisotopic (exact) mass is 245 g/mol. The molecule has 3 heteroatoms. The van der Waals surface area contributed by atoms with Gasteiger partial charge in [-0.3, -0.25) is 4.79 Å². The van der Waals surface area contributed by atoms with Crippen molar-refractivity contribution in [3.63, 3.8) is 0 Å². The van der Waals surface area contributed by atoms with Crippen LogP contribution in [-0.2, 0) is 17.6 Å². The van der Waals surface area contributed by atoms with Crippen molar-refractivity contribution in [3.05, 3.63) is 34.9 Å². The minimum absolute atomic E-state index is 0.256. The molecule has 3 nitrogen and oxygen atoms in total. The van der Waals surface area contributed by atoms with E-state index in [4.69, 9.17) is 0 Å². The maximum absolute atomic E-state index is 11.8. The second-order valence-corrected chi connectivity index (χ2v) is 5.42. The van der Waals surface area contributed by atoms with Crippen LogP contribution in [0.15, 0.2) is 18.2 Å². The quantitative estimate of drug-likeness (QED) is 0.854. The van der Waals surface area contributed by atoms with Gasteiger partial charge in [-0.05, 0) is 55.2 Å². The van der Waals surface area contributed by atoms with E-state index in [1.54, 1.807) is 0 Å². The van der Waals surface area contributed by atoms with Crippen molar-refractivity contribution >= 4 is 5.91 Å². The van der Waals surface area contributed by atoms with Crippen LogP contribution in [0.2, 0.25) is 0 Å². The molecular formula is C15H19NO2. The number of hydrogen-bond donors (Lipinski definition) is 2. The SMILES string of the molecule is O=C(NC1CC1)C(O)c1ccc2c(c1)CCCC2. The average Bonchev–Trinajstić information content (AvgIpc) is 3.21. The van der Waals surface area contributed by atoms with Gasteiger partial charge in [0.15, 0.2) is 6.10 Å². The normalized spacial score (nSPS) is 20.1. The molecule has 3 rings (SSSR count). The van der Waals surface area contributed by atoms with Crippen LogP contribution in [0, 0.1) is 0 Å². The predicted molar refractivity (Wildman–Crippen MR) is 69.2 cm³/mol. The lowest BCUT2D eigenvalue weighted by molar-refractivity contribution is -0.129. The third-order valence-corrected chi connectivity index (χ3v) is 3.86. The number of nitrogens with one attached hydrogen (secondary N) is 1. The Kier molecular flexibility index (Phi) is 3.08. The van der Waals surface area contributed by atoms with E-state index in [9.17, 15) is 9.90 Å². The molecule has 1 aromatic rings. The van der Waals surface area contributed by atoms with Gasteiger partial charge in [0.2, 0.25) is 0 Å². The number of benzene rings is 1. The van der Waals surface area contributed by atoms with E-state index in [1.807, 2.05) is 12.1 Å². The first-order valence-electron chi connectivity index (χ1n) is 6.84. The van der Waals surface area contributed by atoms with E-state index >= 15 is 0 Å². The fraction of sp³-hybridized carbons (Fsp3) is 0.533. The van der Waals surface area contributed by atoms with Gasteiger partial charge < -0.3 is 10.4 Å². The second kappa shape index (κ2) is 4.73. The molecule has 0 bridgehead atoms. The zero-order valence-electron chi connectivity index (χ0n) is 10.5. The van der Waals surface area contributed by atoms with Crippen molar-refractivity contribution in [2.24, 2.45) is 0 Å². The highest BCUT2D eigenvalue weighted by Gasteiger charge is 2.27. The molecule has 18 heavy (non-hydrogen) atoms. The summed E-state index contributed by atoms with van der Waals surface area (Å²) in [7, 11) is 0. The first-order chi connectivity index (χ1) is 8.74. The molecule has 1 saturated carbocycles. The fourth-order valence-electron chi connectivity index (χ4n) is 2.58. The molecule has 0 saturated heterocycles. The summed E-state index contributed by atoms with van der Waals surface area (Å²) >= 11 is 0. The van der Waals surface area contributed by atoms with Gasteiger partial charge >= 0.3 is 0 Å². The van der Waals surface area contributed by atoms with Gasteiger partial charge in [-0.1, -0.05) is 18.2 Å². The number of amides is 1. The van der Waals surface area contributed by atoms with Crippen LogP contribution >= 0.6 is 0 Å². The minimum Gasteiger partial charge on any atom is -0.378 e. The van der Waals surface area contributed by atoms with Gasteiger partial charge in [0.1, 0.15) is 0 Å². The van der Waals surface area contributed by atoms with Crippen molar-refractivity contribution in [3.8, 4) is 0 Å². The molecule has 1 fully saturated rings. The van der Waals surface area contributed by atoms with Crippen molar-refractivity contribution in [1.82, 2.24) is 5.32 Å². The molecule has 1 aromatic carbocycles. The highest BCUT2D eigenvalue weighted by atomic mass is 16.3. The maximum atomic E-state index is 11.8. The molecule has 2 N–H and O–H groups in total. The van der Waals surface area contributed by atoms with Crippen LogP contribution < -0.4 is 5.32 Å². The molecule has 0 aromatic heterocycles. The highest BCUT2D eigenvalue weighted by Crippen LogP contribution is 2.26. The van der Waals surface area contributed by atoms with Crippen molar-refractivity contribution in [2.45, 2.75) is 50.7 Å². The lowest BCUT2D eigenvalue weighted by Gasteiger charge is -2.18. The molecule has 2 aliphatic rings. The minimum atomic E-state index is -1.02. The van der Waals surface area contributed by atoms with Crippen LogP contribution in [0.4, 0.5) is 0 Å². The number of rotatable bonds is 3. The van der Waals surface area contributed by atoms with E-state index in [1.165, 1.54) is 24.0 Å². The van der Waals surface area contributed by atoms with Gasteiger partial charge in [0.05, 0.1) is 0 Å².